The number of carbonyl (C=O) groups excluding carboxylic acids is 1. The number of hydrogen-bond donors (Lipinski definition) is 2. The van der Waals surface area contributed by atoms with Gasteiger partial charge in [0.1, 0.15) is 5.82 Å². The van der Waals surface area contributed by atoms with Crippen molar-refractivity contribution in [2.75, 3.05) is 25.0 Å². The van der Waals surface area contributed by atoms with Crippen molar-refractivity contribution >= 4 is 23.2 Å². The van der Waals surface area contributed by atoms with Gasteiger partial charge in [-0.15, -0.1) is 0 Å². The molecule has 0 fully saturated rings. The molecule has 0 aliphatic carbocycles. The molecule has 0 spiro atoms. The molecule has 3 rings (SSSR count). The minimum atomic E-state index is -0.470. The van der Waals surface area contributed by atoms with Crippen molar-refractivity contribution in [2.24, 2.45) is 0 Å². The average molecular weight is 417 g/mol. The molecule has 152 valence electrons. The third-order valence-corrected chi connectivity index (χ3v) is 4.58. The molecule has 3 aromatic rings. The fraction of sp³-hybridized carbons (Fsp3) is 0.238. The van der Waals surface area contributed by atoms with E-state index in [1.807, 2.05) is 41.2 Å². The molecule has 0 aliphatic rings. The van der Waals surface area contributed by atoms with E-state index in [0.717, 1.165) is 17.2 Å². The van der Waals surface area contributed by atoms with Crippen molar-refractivity contribution in [3.63, 3.8) is 0 Å². The highest BCUT2D eigenvalue weighted by molar-refractivity contribution is 6.33. The summed E-state index contributed by atoms with van der Waals surface area (Å²) in [5, 5.41) is 16.5. The Kier molecular flexibility index (Phi) is 7.35. The van der Waals surface area contributed by atoms with Crippen molar-refractivity contribution in [1.82, 2.24) is 14.7 Å². The first-order chi connectivity index (χ1) is 14.0. The lowest BCUT2D eigenvalue weighted by Crippen LogP contribution is -2.34. The van der Waals surface area contributed by atoms with E-state index in [-0.39, 0.29) is 24.1 Å². The highest BCUT2D eigenvalue weighted by Gasteiger charge is 2.14. The Morgan fingerprint density at radius 1 is 1.21 bits per heavy atom. The summed E-state index contributed by atoms with van der Waals surface area (Å²) in [5.41, 5.74) is 2.42. The van der Waals surface area contributed by atoms with Gasteiger partial charge >= 0.3 is 0 Å². The van der Waals surface area contributed by atoms with E-state index < -0.39 is 5.82 Å². The molecule has 1 heterocycles. The van der Waals surface area contributed by atoms with Crippen LogP contribution in [0.4, 0.5) is 10.1 Å². The molecule has 0 saturated heterocycles. The van der Waals surface area contributed by atoms with E-state index in [1.165, 1.54) is 12.1 Å². The van der Waals surface area contributed by atoms with Crippen LogP contribution < -0.4 is 5.32 Å². The summed E-state index contributed by atoms with van der Waals surface area (Å²) in [6.07, 6.45) is 3.67. The highest BCUT2D eigenvalue weighted by Crippen LogP contribution is 2.22. The van der Waals surface area contributed by atoms with Gasteiger partial charge in [-0.2, -0.15) is 5.10 Å². The van der Waals surface area contributed by atoms with E-state index in [9.17, 15) is 14.3 Å². The molecule has 8 heteroatoms. The average Bonchev–Trinajstić information content (AvgIpc) is 3.12. The number of benzene rings is 2. The van der Waals surface area contributed by atoms with Crippen molar-refractivity contribution < 1.29 is 14.3 Å². The zero-order valence-electron chi connectivity index (χ0n) is 15.8. The zero-order valence-corrected chi connectivity index (χ0v) is 16.5. The molecule has 29 heavy (non-hydrogen) atoms. The minimum absolute atomic E-state index is 0.0537. The van der Waals surface area contributed by atoms with Crippen LogP contribution in [0, 0.1) is 5.82 Å². The molecule has 0 saturated carbocycles. The second kappa shape index (κ2) is 10.2. The number of hydrogen-bond acceptors (Lipinski definition) is 4. The van der Waals surface area contributed by atoms with Gasteiger partial charge in [-0.1, -0.05) is 41.9 Å². The van der Waals surface area contributed by atoms with Crippen LogP contribution in [0.5, 0.6) is 0 Å². The van der Waals surface area contributed by atoms with Crippen LogP contribution in [0.3, 0.4) is 0 Å². The number of rotatable bonds is 9. The molecule has 0 aliphatic heterocycles. The maximum absolute atomic E-state index is 13.1. The van der Waals surface area contributed by atoms with E-state index >= 15 is 0 Å². The Labute approximate surface area is 173 Å². The monoisotopic (exact) mass is 416 g/mol. The number of aliphatic hydroxyl groups is 1. The molecular weight excluding hydrogens is 395 g/mol. The van der Waals surface area contributed by atoms with Gasteiger partial charge in [0.25, 0.3) is 0 Å². The maximum Gasteiger partial charge on any atom is 0.238 e. The fourth-order valence-electron chi connectivity index (χ4n) is 2.94. The Bertz CT molecular complexity index is 949. The third-order valence-electron chi connectivity index (χ3n) is 4.27. The number of carbonyl (C=O) groups is 1. The van der Waals surface area contributed by atoms with Gasteiger partial charge in [-0.05, 0) is 23.8 Å². The zero-order chi connectivity index (χ0) is 20.6. The topological polar surface area (TPSA) is 70.4 Å². The Morgan fingerprint density at radius 3 is 2.72 bits per heavy atom. The van der Waals surface area contributed by atoms with Gasteiger partial charge in [0.05, 0.1) is 36.6 Å². The first-order valence-corrected chi connectivity index (χ1v) is 9.54. The number of aromatic nitrogens is 2. The molecule has 2 aromatic carbocycles. The summed E-state index contributed by atoms with van der Waals surface area (Å²) >= 11 is 5.95. The third kappa shape index (κ3) is 6.39. The normalized spacial score (nSPS) is 11.0. The fourth-order valence-corrected chi connectivity index (χ4v) is 3.16. The molecule has 1 aromatic heterocycles. The van der Waals surface area contributed by atoms with Gasteiger partial charge in [0.15, 0.2) is 0 Å². The lowest BCUT2D eigenvalue weighted by molar-refractivity contribution is -0.117. The van der Waals surface area contributed by atoms with Gasteiger partial charge in [0, 0.05) is 24.8 Å². The lowest BCUT2D eigenvalue weighted by atomic mass is 10.2. The van der Waals surface area contributed by atoms with Crippen LogP contribution in [0.1, 0.15) is 11.1 Å². The van der Waals surface area contributed by atoms with Crippen LogP contribution in [-0.4, -0.2) is 45.4 Å². The lowest BCUT2D eigenvalue weighted by Gasteiger charge is -2.20. The van der Waals surface area contributed by atoms with E-state index in [0.29, 0.717) is 25.3 Å². The predicted octanol–water partition coefficient (Wildman–Crippen LogP) is 3.16. The summed E-state index contributed by atoms with van der Waals surface area (Å²) in [5.74, 6) is -0.772. The van der Waals surface area contributed by atoms with Crippen molar-refractivity contribution in [1.29, 1.82) is 0 Å². The van der Waals surface area contributed by atoms with E-state index in [4.69, 9.17) is 11.6 Å². The number of nitrogens with zero attached hydrogens (tertiary/aromatic N) is 3. The predicted molar refractivity (Wildman–Crippen MR) is 110 cm³/mol. The minimum Gasteiger partial charge on any atom is -0.395 e. The number of nitrogens with one attached hydrogen (secondary N) is 1. The van der Waals surface area contributed by atoms with Crippen LogP contribution in [0.2, 0.25) is 5.02 Å². The quantitative estimate of drug-likeness (QED) is 0.562. The van der Waals surface area contributed by atoms with Crippen molar-refractivity contribution in [3.05, 3.63) is 82.9 Å². The molecule has 0 bridgehead atoms. The van der Waals surface area contributed by atoms with Crippen LogP contribution in [-0.2, 0) is 17.9 Å². The second-order valence-corrected chi connectivity index (χ2v) is 7.05. The molecule has 0 atom stereocenters. The van der Waals surface area contributed by atoms with E-state index in [2.05, 4.69) is 10.4 Å². The van der Waals surface area contributed by atoms with Crippen molar-refractivity contribution in [2.45, 2.75) is 13.1 Å². The summed E-state index contributed by atoms with van der Waals surface area (Å²) in [4.78, 5) is 14.2. The number of amides is 1. The molecule has 6 nitrogen and oxygen atoms in total. The van der Waals surface area contributed by atoms with Crippen LogP contribution in [0.25, 0.3) is 0 Å². The largest absolute Gasteiger partial charge is 0.395 e. The molecule has 0 radical (unpaired) electrons. The van der Waals surface area contributed by atoms with E-state index in [1.54, 1.807) is 11.1 Å². The maximum atomic E-state index is 13.1. The number of anilines is 1. The first kappa shape index (κ1) is 21.0. The second-order valence-electron chi connectivity index (χ2n) is 6.64. The molecule has 0 unspecified atom stereocenters. The first-order valence-electron chi connectivity index (χ1n) is 9.17. The van der Waals surface area contributed by atoms with Gasteiger partial charge in [0.2, 0.25) is 5.91 Å². The van der Waals surface area contributed by atoms with Gasteiger partial charge in [-0.3, -0.25) is 14.4 Å². The van der Waals surface area contributed by atoms with Gasteiger partial charge in [-0.25, -0.2) is 4.39 Å². The van der Waals surface area contributed by atoms with Crippen molar-refractivity contribution in [3.8, 4) is 0 Å². The molecule has 1 amide bonds. The summed E-state index contributed by atoms with van der Waals surface area (Å²) in [6.45, 7) is 1.42. The molecule has 2 N–H and O–H groups in total. The number of halogens is 2. The van der Waals surface area contributed by atoms with Crippen LogP contribution in [0.15, 0.2) is 60.9 Å². The summed E-state index contributed by atoms with van der Waals surface area (Å²) in [6, 6.07) is 13.8. The SMILES string of the molecule is O=C(CN(CCO)Cc1cnn(Cc2ccccc2)c1)Nc1ccc(F)cc1Cl. The molecular formula is C21H22ClFN4O2. The summed E-state index contributed by atoms with van der Waals surface area (Å²) < 4.78 is 15.0. The Hall–Kier alpha value is -2.74. The standard InChI is InChI=1S/C21H22ClFN4O2/c22-19-10-18(23)6-7-20(19)25-21(29)15-26(8-9-28)12-17-11-24-27(14-17)13-16-4-2-1-3-5-16/h1-7,10-11,14,28H,8-9,12-13,15H2,(H,25,29). The summed E-state index contributed by atoms with van der Waals surface area (Å²) in [7, 11) is 0. The Balaban J connectivity index is 1.59. The highest BCUT2D eigenvalue weighted by atomic mass is 35.5. The van der Waals surface area contributed by atoms with Crippen LogP contribution >= 0.6 is 11.6 Å². The smallest absolute Gasteiger partial charge is 0.238 e. The number of aliphatic hydroxyl groups excluding tert-OH is 1. The van der Waals surface area contributed by atoms with Gasteiger partial charge < -0.3 is 10.4 Å². The Morgan fingerprint density at radius 2 is 2.00 bits per heavy atom.